The van der Waals surface area contributed by atoms with E-state index in [1.54, 1.807) is 0 Å². The van der Waals surface area contributed by atoms with Crippen LogP contribution in [0, 0.1) is 0 Å². The Hall–Kier alpha value is -0.636. The molecule has 1 aliphatic rings. The van der Waals surface area contributed by atoms with E-state index >= 15 is 0 Å². The van der Waals surface area contributed by atoms with Gasteiger partial charge in [0.2, 0.25) is 0 Å². The van der Waals surface area contributed by atoms with Crippen LogP contribution in [0.4, 0.5) is 5.82 Å². The lowest BCUT2D eigenvalue weighted by Crippen LogP contribution is -2.43. The molecule has 1 fully saturated rings. The molecule has 2 unspecified atom stereocenters. The first-order chi connectivity index (χ1) is 12.8. The number of anilines is 1. The predicted octanol–water partition coefficient (Wildman–Crippen LogP) is 5.90. The molecular formula is C21H43N3O2Si2. The quantitative estimate of drug-likeness (QED) is 0.395. The monoisotopic (exact) mass is 425 g/mol. The zero-order chi connectivity index (χ0) is 21.2. The third-order valence-electron chi connectivity index (χ3n) is 6.35. The highest BCUT2D eigenvalue weighted by atomic mass is 28.4. The van der Waals surface area contributed by atoms with Gasteiger partial charge in [-0.3, -0.25) is 0 Å². The summed E-state index contributed by atoms with van der Waals surface area (Å²) in [6.07, 6.45) is 3.78. The molecule has 0 bridgehead atoms. The van der Waals surface area contributed by atoms with E-state index in [1.807, 2.05) is 7.05 Å². The van der Waals surface area contributed by atoms with Crippen LogP contribution in [-0.4, -0.2) is 45.9 Å². The van der Waals surface area contributed by atoms with Gasteiger partial charge in [-0.1, -0.05) is 40.4 Å². The minimum atomic E-state index is -1.72. The fourth-order valence-electron chi connectivity index (χ4n) is 3.42. The fraction of sp³-hybridized carbons (Fsp3) is 0.857. The maximum atomic E-state index is 6.69. The van der Waals surface area contributed by atoms with Crippen molar-refractivity contribution in [1.29, 1.82) is 0 Å². The van der Waals surface area contributed by atoms with Crippen molar-refractivity contribution < 1.29 is 9.16 Å². The fourth-order valence-corrected chi connectivity index (χ4v) is 5.58. The molecule has 1 aliphatic carbocycles. The molecule has 1 saturated carbocycles. The molecule has 1 aromatic rings. The molecule has 1 N–H and O–H groups in total. The first-order valence-electron chi connectivity index (χ1n) is 10.8. The Morgan fingerprint density at radius 1 is 1.18 bits per heavy atom. The van der Waals surface area contributed by atoms with Gasteiger partial charge in [0.1, 0.15) is 12.5 Å². The third kappa shape index (κ3) is 6.44. The van der Waals surface area contributed by atoms with Crippen molar-refractivity contribution in [3.05, 3.63) is 11.8 Å². The summed E-state index contributed by atoms with van der Waals surface area (Å²) in [6.45, 7) is 20.2. The number of aromatic nitrogens is 2. The molecule has 162 valence electrons. The second-order valence-electron chi connectivity index (χ2n) is 11.1. The van der Waals surface area contributed by atoms with Gasteiger partial charge < -0.3 is 14.5 Å². The smallest absolute Gasteiger partial charge is 0.192 e. The second kappa shape index (κ2) is 9.02. The standard InChI is InChI=1S/C21H43N3O2Si2/c1-21(2,3)28(8,9)26-18-11-10-17(14-18)19-15-20(22-4)23-24(19)16-25-12-13-27(5,6)7/h15,17-18H,10-14,16H2,1-9H3,(H,22,23). The van der Waals surface area contributed by atoms with Crippen molar-refractivity contribution in [2.45, 2.75) is 103 Å². The van der Waals surface area contributed by atoms with E-state index in [0.717, 1.165) is 25.3 Å². The maximum absolute atomic E-state index is 6.69. The predicted molar refractivity (Wildman–Crippen MR) is 125 cm³/mol. The van der Waals surface area contributed by atoms with Gasteiger partial charge in [-0.15, -0.1) is 0 Å². The van der Waals surface area contributed by atoms with Gasteiger partial charge in [0.05, 0.1) is 0 Å². The van der Waals surface area contributed by atoms with Crippen molar-refractivity contribution in [2.75, 3.05) is 19.0 Å². The minimum absolute atomic E-state index is 0.260. The van der Waals surface area contributed by atoms with Crippen LogP contribution in [-0.2, 0) is 15.9 Å². The Labute approximate surface area is 174 Å². The van der Waals surface area contributed by atoms with Crippen LogP contribution in [0.5, 0.6) is 0 Å². The third-order valence-corrected chi connectivity index (χ3v) is 12.6. The summed E-state index contributed by atoms with van der Waals surface area (Å²) < 4.78 is 14.7. The Bertz CT molecular complexity index is 633. The van der Waals surface area contributed by atoms with Crippen molar-refractivity contribution in [3.8, 4) is 0 Å². The average molecular weight is 426 g/mol. The first-order valence-corrected chi connectivity index (χ1v) is 17.4. The number of nitrogens with zero attached hydrogens (tertiary/aromatic N) is 2. The van der Waals surface area contributed by atoms with E-state index in [-0.39, 0.29) is 5.04 Å². The Morgan fingerprint density at radius 2 is 1.86 bits per heavy atom. The molecule has 1 heterocycles. The van der Waals surface area contributed by atoms with Crippen molar-refractivity contribution in [2.24, 2.45) is 0 Å². The summed E-state index contributed by atoms with van der Waals surface area (Å²) in [5.41, 5.74) is 1.29. The summed E-state index contributed by atoms with van der Waals surface area (Å²) in [5.74, 6) is 1.43. The van der Waals surface area contributed by atoms with Gasteiger partial charge in [-0.2, -0.15) is 5.10 Å². The molecule has 0 radical (unpaired) electrons. The molecule has 28 heavy (non-hydrogen) atoms. The highest BCUT2D eigenvalue weighted by molar-refractivity contribution is 6.76. The molecule has 2 atom stereocenters. The van der Waals surface area contributed by atoms with Crippen molar-refractivity contribution >= 4 is 22.2 Å². The van der Waals surface area contributed by atoms with E-state index < -0.39 is 16.4 Å². The van der Waals surface area contributed by atoms with Crippen LogP contribution in [0.1, 0.15) is 51.6 Å². The van der Waals surface area contributed by atoms with E-state index in [0.29, 0.717) is 18.8 Å². The van der Waals surface area contributed by atoms with E-state index in [2.05, 4.69) is 69.6 Å². The SMILES string of the molecule is CNc1cc(C2CCC(O[Si](C)(C)C(C)(C)C)C2)n(COCC[Si](C)(C)C)n1. The number of hydrogen-bond acceptors (Lipinski definition) is 4. The molecule has 5 nitrogen and oxygen atoms in total. The van der Waals surface area contributed by atoms with Crippen molar-refractivity contribution in [3.63, 3.8) is 0 Å². The van der Waals surface area contributed by atoms with Crippen LogP contribution in [0.15, 0.2) is 6.07 Å². The lowest BCUT2D eigenvalue weighted by molar-refractivity contribution is 0.0756. The summed E-state index contributed by atoms with van der Waals surface area (Å²) in [5, 5.41) is 8.16. The molecule has 0 amide bonds. The van der Waals surface area contributed by atoms with Gasteiger partial charge >= 0.3 is 0 Å². The summed E-state index contributed by atoms with van der Waals surface area (Å²) in [4.78, 5) is 0. The van der Waals surface area contributed by atoms with Gasteiger partial charge in [-0.05, 0) is 43.4 Å². The lowest BCUT2D eigenvalue weighted by Gasteiger charge is -2.38. The van der Waals surface area contributed by atoms with E-state index in [9.17, 15) is 0 Å². The largest absolute Gasteiger partial charge is 0.414 e. The van der Waals surface area contributed by atoms with Gasteiger partial charge in [-0.25, -0.2) is 4.68 Å². The second-order valence-corrected chi connectivity index (χ2v) is 21.4. The lowest BCUT2D eigenvalue weighted by atomic mass is 10.0. The maximum Gasteiger partial charge on any atom is 0.192 e. The molecule has 2 rings (SSSR count). The minimum Gasteiger partial charge on any atom is -0.414 e. The van der Waals surface area contributed by atoms with E-state index in [1.165, 1.54) is 18.2 Å². The summed E-state index contributed by atoms with van der Waals surface area (Å²) >= 11 is 0. The average Bonchev–Trinajstić information content (AvgIpc) is 3.15. The number of rotatable bonds is 9. The van der Waals surface area contributed by atoms with Crippen LogP contribution < -0.4 is 5.32 Å². The van der Waals surface area contributed by atoms with E-state index in [4.69, 9.17) is 14.3 Å². The Morgan fingerprint density at radius 3 is 2.43 bits per heavy atom. The number of nitrogens with one attached hydrogen (secondary N) is 1. The van der Waals surface area contributed by atoms with Crippen molar-refractivity contribution in [1.82, 2.24) is 9.78 Å². The van der Waals surface area contributed by atoms with Gasteiger partial charge in [0, 0.05) is 45.5 Å². The molecular weight excluding hydrogens is 382 g/mol. The number of ether oxygens (including phenoxy) is 1. The van der Waals surface area contributed by atoms with Crippen LogP contribution in [0.3, 0.4) is 0 Å². The first kappa shape index (κ1) is 23.6. The summed E-state index contributed by atoms with van der Waals surface area (Å²) in [7, 11) is -0.848. The molecule has 7 heteroatoms. The molecule has 1 aromatic heterocycles. The van der Waals surface area contributed by atoms with Gasteiger partial charge in [0.25, 0.3) is 0 Å². The highest BCUT2D eigenvalue weighted by Crippen LogP contribution is 2.43. The van der Waals surface area contributed by atoms with Crippen LogP contribution in [0.25, 0.3) is 0 Å². The van der Waals surface area contributed by atoms with Crippen LogP contribution >= 0.6 is 0 Å². The highest BCUT2D eigenvalue weighted by Gasteiger charge is 2.41. The topological polar surface area (TPSA) is 48.3 Å². The van der Waals surface area contributed by atoms with Crippen LogP contribution in [0.2, 0.25) is 43.8 Å². The molecule has 0 aliphatic heterocycles. The normalized spacial score (nSPS) is 21.3. The Balaban J connectivity index is 2.00. The molecule has 0 aromatic carbocycles. The van der Waals surface area contributed by atoms with Gasteiger partial charge in [0.15, 0.2) is 8.32 Å². The Kier molecular flexibility index (Phi) is 7.62. The number of hydrogen-bond donors (Lipinski definition) is 1. The zero-order valence-corrected chi connectivity index (χ0v) is 21.7. The zero-order valence-electron chi connectivity index (χ0n) is 19.7. The summed E-state index contributed by atoms with van der Waals surface area (Å²) in [6, 6.07) is 3.38. The molecule has 0 spiro atoms. The molecule has 0 saturated heterocycles.